The standard InChI is InChI=1S/C15H14F3N3O4/c1-7-2-3-21(4-5-24-7)15(23)13-19-14(25-20-13)8-6-9(16)11(18)12(22)10(8)17/h6-7,22H,2-5H2,1H3/t7-/m1/s1. The van der Waals surface area contributed by atoms with E-state index in [1.54, 1.807) is 0 Å². The fourth-order valence-electron chi connectivity index (χ4n) is 2.41. The zero-order valence-corrected chi connectivity index (χ0v) is 13.1. The number of carbonyl (C=O) groups excluding carboxylic acids is 1. The predicted octanol–water partition coefficient (Wildman–Crippen LogP) is 2.11. The average Bonchev–Trinajstić information content (AvgIpc) is 2.98. The number of aromatic nitrogens is 2. The Balaban J connectivity index is 1.87. The van der Waals surface area contributed by atoms with E-state index in [1.165, 1.54) is 4.90 Å². The Morgan fingerprint density at radius 3 is 2.84 bits per heavy atom. The van der Waals surface area contributed by atoms with Gasteiger partial charge in [0.05, 0.1) is 18.3 Å². The monoisotopic (exact) mass is 357 g/mol. The van der Waals surface area contributed by atoms with Crippen LogP contribution in [0.1, 0.15) is 24.0 Å². The summed E-state index contributed by atoms with van der Waals surface area (Å²) >= 11 is 0. The van der Waals surface area contributed by atoms with Gasteiger partial charge in [-0.15, -0.1) is 0 Å². The lowest BCUT2D eigenvalue weighted by atomic mass is 10.2. The van der Waals surface area contributed by atoms with Gasteiger partial charge in [-0.1, -0.05) is 5.16 Å². The summed E-state index contributed by atoms with van der Waals surface area (Å²) in [6.45, 7) is 2.99. The Morgan fingerprint density at radius 1 is 1.32 bits per heavy atom. The van der Waals surface area contributed by atoms with Crippen molar-refractivity contribution in [3.63, 3.8) is 0 Å². The third-order valence-electron chi connectivity index (χ3n) is 3.84. The molecule has 10 heteroatoms. The third kappa shape index (κ3) is 3.29. The van der Waals surface area contributed by atoms with Gasteiger partial charge in [-0.05, 0) is 19.4 Å². The van der Waals surface area contributed by atoms with Gasteiger partial charge in [-0.3, -0.25) is 4.79 Å². The molecule has 2 heterocycles. The highest BCUT2D eigenvalue weighted by Gasteiger charge is 2.27. The van der Waals surface area contributed by atoms with E-state index >= 15 is 0 Å². The third-order valence-corrected chi connectivity index (χ3v) is 3.84. The van der Waals surface area contributed by atoms with Crippen LogP contribution in [0.15, 0.2) is 10.6 Å². The highest BCUT2D eigenvalue weighted by molar-refractivity contribution is 5.90. The van der Waals surface area contributed by atoms with Gasteiger partial charge in [0, 0.05) is 13.1 Å². The van der Waals surface area contributed by atoms with Crippen molar-refractivity contribution in [1.82, 2.24) is 15.0 Å². The van der Waals surface area contributed by atoms with E-state index in [2.05, 4.69) is 10.1 Å². The van der Waals surface area contributed by atoms with Crippen molar-refractivity contribution in [2.45, 2.75) is 19.4 Å². The number of carbonyl (C=O) groups is 1. The fraction of sp³-hybridized carbons (Fsp3) is 0.400. The summed E-state index contributed by atoms with van der Waals surface area (Å²) in [5, 5.41) is 12.7. The molecule has 0 unspecified atom stereocenters. The molecule has 2 aromatic rings. The summed E-state index contributed by atoms with van der Waals surface area (Å²) in [4.78, 5) is 17.6. The molecule has 1 aromatic heterocycles. The number of ether oxygens (including phenoxy) is 1. The molecule has 1 fully saturated rings. The van der Waals surface area contributed by atoms with Crippen LogP contribution in [-0.4, -0.2) is 51.9 Å². The van der Waals surface area contributed by atoms with E-state index in [4.69, 9.17) is 9.26 Å². The van der Waals surface area contributed by atoms with E-state index in [9.17, 15) is 23.1 Å². The molecule has 0 aliphatic carbocycles. The SMILES string of the molecule is C[C@@H]1CCN(C(=O)c2noc(-c3cc(F)c(F)c(O)c3F)n2)CCO1. The molecule has 7 nitrogen and oxygen atoms in total. The van der Waals surface area contributed by atoms with E-state index < -0.39 is 40.6 Å². The first-order valence-electron chi connectivity index (χ1n) is 7.50. The van der Waals surface area contributed by atoms with Crippen LogP contribution in [-0.2, 0) is 4.74 Å². The lowest BCUT2D eigenvalue weighted by Crippen LogP contribution is -2.33. The average molecular weight is 357 g/mol. The number of hydrogen-bond acceptors (Lipinski definition) is 6. The highest BCUT2D eigenvalue weighted by atomic mass is 19.2. The summed E-state index contributed by atoms with van der Waals surface area (Å²) in [5.41, 5.74) is -0.643. The molecular formula is C15H14F3N3O4. The van der Waals surface area contributed by atoms with Crippen LogP contribution in [0.4, 0.5) is 13.2 Å². The smallest absolute Gasteiger partial charge is 0.295 e. The minimum atomic E-state index is -1.73. The lowest BCUT2D eigenvalue weighted by molar-refractivity contribution is 0.0657. The molecule has 0 spiro atoms. The minimum Gasteiger partial charge on any atom is -0.503 e. The molecule has 134 valence electrons. The van der Waals surface area contributed by atoms with Gasteiger partial charge in [0.1, 0.15) is 0 Å². The maximum absolute atomic E-state index is 13.9. The Morgan fingerprint density at radius 2 is 2.08 bits per heavy atom. The van der Waals surface area contributed by atoms with Gasteiger partial charge in [0.15, 0.2) is 17.4 Å². The van der Waals surface area contributed by atoms with Crippen LogP contribution >= 0.6 is 0 Å². The van der Waals surface area contributed by atoms with Gasteiger partial charge in [-0.2, -0.15) is 9.37 Å². The fourth-order valence-corrected chi connectivity index (χ4v) is 2.41. The van der Waals surface area contributed by atoms with Crippen molar-refractivity contribution in [3.05, 3.63) is 29.3 Å². The number of aromatic hydroxyl groups is 1. The summed E-state index contributed by atoms with van der Waals surface area (Å²) in [5.74, 6) is -7.63. The van der Waals surface area contributed by atoms with Crippen LogP contribution < -0.4 is 0 Å². The molecule has 0 radical (unpaired) electrons. The van der Waals surface area contributed by atoms with Crippen molar-refractivity contribution >= 4 is 5.91 Å². The summed E-state index contributed by atoms with van der Waals surface area (Å²) in [6.07, 6.45) is 0.639. The molecule has 3 rings (SSSR count). The molecule has 0 bridgehead atoms. The molecule has 1 atom stereocenters. The molecule has 1 amide bonds. The zero-order valence-electron chi connectivity index (χ0n) is 13.1. The number of halogens is 3. The van der Waals surface area contributed by atoms with Gasteiger partial charge in [-0.25, -0.2) is 8.78 Å². The largest absolute Gasteiger partial charge is 0.503 e. The molecular weight excluding hydrogens is 343 g/mol. The van der Waals surface area contributed by atoms with E-state index in [1.807, 2.05) is 6.92 Å². The van der Waals surface area contributed by atoms with Crippen molar-refractivity contribution < 1.29 is 32.3 Å². The Hall–Kier alpha value is -2.62. The summed E-state index contributed by atoms with van der Waals surface area (Å²) in [6, 6.07) is 0.466. The first-order valence-corrected chi connectivity index (χ1v) is 7.50. The molecule has 25 heavy (non-hydrogen) atoms. The number of rotatable bonds is 2. The van der Waals surface area contributed by atoms with Crippen LogP contribution in [0, 0.1) is 17.5 Å². The number of hydrogen-bond donors (Lipinski definition) is 1. The van der Waals surface area contributed by atoms with E-state index in [0.717, 1.165) is 0 Å². The first-order chi connectivity index (χ1) is 11.9. The minimum absolute atomic E-state index is 0.0119. The Bertz CT molecular complexity index is 812. The van der Waals surface area contributed by atoms with Crippen LogP contribution in [0.2, 0.25) is 0 Å². The molecule has 1 aromatic carbocycles. The Kier molecular flexibility index (Phi) is 4.62. The van der Waals surface area contributed by atoms with Gasteiger partial charge < -0.3 is 19.3 Å². The topological polar surface area (TPSA) is 88.7 Å². The maximum atomic E-state index is 13.9. The molecule has 1 N–H and O–H groups in total. The van der Waals surface area contributed by atoms with E-state index in [0.29, 0.717) is 32.2 Å². The van der Waals surface area contributed by atoms with Gasteiger partial charge in [0.25, 0.3) is 17.6 Å². The quantitative estimate of drug-likeness (QED) is 0.828. The van der Waals surface area contributed by atoms with Crippen molar-refractivity contribution in [2.24, 2.45) is 0 Å². The van der Waals surface area contributed by atoms with Crippen molar-refractivity contribution in [1.29, 1.82) is 0 Å². The number of phenols is 1. The number of nitrogens with zero attached hydrogens (tertiary/aromatic N) is 3. The van der Waals surface area contributed by atoms with Crippen LogP contribution in [0.3, 0.4) is 0 Å². The predicted molar refractivity (Wildman–Crippen MR) is 77.2 cm³/mol. The normalized spacial score (nSPS) is 18.2. The summed E-state index contributed by atoms with van der Waals surface area (Å²) in [7, 11) is 0. The molecule has 1 aliphatic heterocycles. The number of amides is 1. The molecule has 0 saturated carbocycles. The maximum Gasteiger partial charge on any atom is 0.295 e. The molecule has 1 aliphatic rings. The van der Waals surface area contributed by atoms with Crippen molar-refractivity contribution in [2.75, 3.05) is 19.7 Å². The number of phenolic OH excluding ortho intramolecular Hbond substituents is 1. The molecule has 1 saturated heterocycles. The Labute approximate surface area is 140 Å². The number of benzene rings is 1. The zero-order chi connectivity index (χ0) is 18.1. The second kappa shape index (κ2) is 6.71. The lowest BCUT2D eigenvalue weighted by Gasteiger charge is -2.17. The second-order valence-electron chi connectivity index (χ2n) is 5.57. The summed E-state index contributed by atoms with van der Waals surface area (Å²) < 4.78 is 50.6. The van der Waals surface area contributed by atoms with Crippen LogP contribution in [0.25, 0.3) is 11.5 Å². The van der Waals surface area contributed by atoms with Gasteiger partial charge in [0.2, 0.25) is 5.82 Å². The van der Waals surface area contributed by atoms with Crippen molar-refractivity contribution in [3.8, 4) is 17.2 Å². The highest BCUT2D eigenvalue weighted by Crippen LogP contribution is 2.31. The first kappa shape index (κ1) is 17.2. The second-order valence-corrected chi connectivity index (χ2v) is 5.57. The van der Waals surface area contributed by atoms with Crippen LogP contribution in [0.5, 0.6) is 5.75 Å². The van der Waals surface area contributed by atoms with Gasteiger partial charge >= 0.3 is 0 Å². The van der Waals surface area contributed by atoms with E-state index in [-0.39, 0.29) is 11.9 Å².